The van der Waals surface area contributed by atoms with Gasteiger partial charge in [0.2, 0.25) is 0 Å². The van der Waals surface area contributed by atoms with E-state index in [4.69, 9.17) is 15.3 Å². The number of hydrogen-bond acceptors (Lipinski definition) is 5. The third kappa shape index (κ3) is 7.40. The molecule has 0 aromatic heterocycles. The van der Waals surface area contributed by atoms with Crippen LogP contribution in [-0.2, 0) is 17.6 Å². The molecule has 2 rings (SSSR count). The summed E-state index contributed by atoms with van der Waals surface area (Å²) in [6, 6.07) is 5.62. The standard InChI is InChI=1S/C24H37NO5/c1-2-3-4-7-19(26)10-11-20-18(9-12-22(20)27)15-17-6-5-8-23(21(17)13-14-25)30-16-24(28)29/h5-6,8,14,18-20,22,25-27H,2-4,7,9-13,15-16H2,1H3,(H,28,29)/t18-,19+,20-,22-/m1/s1. The summed E-state index contributed by atoms with van der Waals surface area (Å²) in [5.74, 6) is -0.0539. The van der Waals surface area contributed by atoms with E-state index in [1.54, 1.807) is 6.07 Å². The summed E-state index contributed by atoms with van der Waals surface area (Å²) in [6.07, 6.45) is 9.22. The minimum atomic E-state index is -1.03. The van der Waals surface area contributed by atoms with E-state index in [9.17, 15) is 15.0 Å². The number of aliphatic carboxylic acids is 1. The summed E-state index contributed by atoms with van der Waals surface area (Å²) in [4.78, 5) is 10.9. The molecular formula is C24H37NO5. The van der Waals surface area contributed by atoms with E-state index in [1.165, 1.54) is 6.21 Å². The summed E-state index contributed by atoms with van der Waals surface area (Å²) in [5, 5.41) is 37.2. The van der Waals surface area contributed by atoms with E-state index >= 15 is 0 Å². The largest absolute Gasteiger partial charge is 0.482 e. The van der Waals surface area contributed by atoms with Gasteiger partial charge in [-0.2, -0.15) is 0 Å². The van der Waals surface area contributed by atoms with Crippen LogP contribution in [0.25, 0.3) is 0 Å². The zero-order valence-corrected chi connectivity index (χ0v) is 18.1. The van der Waals surface area contributed by atoms with Crippen molar-refractivity contribution in [1.29, 1.82) is 5.41 Å². The minimum absolute atomic E-state index is 0.155. The Balaban J connectivity index is 2.04. The second kappa shape index (κ2) is 12.7. The van der Waals surface area contributed by atoms with Crippen molar-refractivity contribution < 1.29 is 24.9 Å². The molecule has 0 amide bonds. The molecule has 0 radical (unpaired) electrons. The number of carboxylic acids is 1. The van der Waals surface area contributed by atoms with E-state index < -0.39 is 12.6 Å². The van der Waals surface area contributed by atoms with Crippen LogP contribution in [0.2, 0.25) is 0 Å². The van der Waals surface area contributed by atoms with Crippen molar-refractivity contribution in [2.24, 2.45) is 11.8 Å². The van der Waals surface area contributed by atoms with Gasteiger partial charge in [0.1, 0.15) is 5.75 Å². The van der Waals surface area contributed by atoms with Crippen LogP contribution in [0.1, 0.15) is 69.4 Å². The number of ether oxygens (including phenoxy) is 1. The highest BCUT2D eigenvalue weighted by molar-refractivity contribution is 5.69. The second-order valence-corrected chi connectivity index (χ2v) is 8.48. The summed E-state index contributed by atoms with van der Waals surface area (Å²) in [6.45, 7) is 1.75. The van der Waals surface area contributed by atoms with E-state index in [-0.39, 0.29) is 18.1 Å². The fourth-order valence-electron chi connectivity index (χ4n) is 4.66. The fraction of sp³-hybridized carbons (Fsp3) is 0.667. The van der Waals surface area contributed by atoms with Crippen LogP contribution in [0.4, 0.5) is 0 Å². The number of benzene rings is 1. The number of hydrogen-bond donors (Lipinski definition) is 4. The van der Waals surface area contributed by atoms with Crippen molar-refractivity contribution in [3.05, 3.63) is 29.3 Å². The highest BCUT2D eigenvalue weighted by Gasteiger charge is 2.35. The third-order valence-corrected chi connectivity index (χ3v) is 6.28. The second-order valence-electron chi connectivity index (χ2n) is 8.48. The molecule has 0 heterocycles. The predicted octanol–water partition coefficient (Wildman–Crippen LogP) is 3.99. The first-order valence-electron chi connectivity index (χ1n) is 11.3. The zero-order chi connectivity index (χ0) is 21.9. The Bertz CT molecular complexity index is 678. The van der Waals surface area contributed by atoms with E-state index in [0.717, 1.165) is 68.9 Å². The monoisotopic (exact) mass is 419 g/mol. The molecule has 1 aliphatic rings. The number of unbranched alkanes of at least 4 members (excludes halogenated alkanes) is 2. The fourth-order valence-corrected chi connectivity index (χ4v) is 4.66. The first-order valence-corrected chi connectivity index (χ1v) is 11.3. The van der Waals surface area contributed by atoms with Crippen molar-refractivity contribution >= 4 is 12.2 Å². The van der Waals surface area contributed by atoms with Gasteiger partial charge in [0.15, 0.2) is 6.61 Å². The average Bonchev–Trinajstić information content (AvgIpc) is 3.06. The van der Waals surface area contributed by atoms with E-state index in [0.29, 0.717) is 18.1 Å². The number of nitrogens with one attached hydrogen (secondary N) is 1. The maximum atomic E-state index is 10.9. The van der Waals surface area contributed by atoms with Gasteiger partial charge < -0.3 is 25.5 Å². The lowest BCUT2D eigenvalue weighted by atomic mass is 9.83. The maximum absolute atomic E-state index is 10.9. The summed E-state index contributed by atoms with van der Waals surface area (Å²) < 4.78 is 5.44. The Kier molecular flexibility index (Phi) is 10.3. The number of aliphatic hydroxyl groups excluding tert-OH is 2. The molecule has 4 atom stereocenters. The van der Waals surface area contributed by atoms with Crippen LogP contribution in [0.3, 0.4) is 0 Å². The number of carboxylic acid groups (broad SMARTS) is 1. The molecule has 1 aromatic carbocycles. The predicted molar refractivity (Wildman–Crippen MR) is 117 cm³/mol. The molecule has 0 unspecified atom stereocenters. The van der Waals surface area contributed by atoms with Gasteiger partial charge in [-0.1, -0.05) is 38.3 Å². The van der Waals surface area contributed by atoms with Gasteiger partial charge in [-0.25, -0.2) is 4.79 Å². The molecular weight excluding hydrogens is 382 g/mol. The van der Waals surface area contributed by atoms with Crippen LogP contribution < -0.4 is 4.74 Å². The quantitative estimate of drug-likeness (QED) is 0.269. The van der Waals surface area contributed by atoms with Gasteiger partial charge in [0.05, 0.1) is 12.2 Å². The van der Waals surface area contributed by atoms with E-state index in [2.05, 4.69) is 6.92 Å². The van der Waals surface area contributed by atoms with Crippen molar-refractivity contribution in [2.45, 2.75) is 83.3 Å². The molecule has 0 spiro atoms. The lowest BCUT2D eigenvalue weighted by molar-refractivity contribution is -0.139. The summed E-state index contributed by atoms with van der Waals surface area (Å²) in [5.41, 5.74) is 1.91. The molecule has 1 saturated carbocycles. The number of rotatable bonds is 14. The van der Waals surface area contributed by atoms with Crippen molar-refractivity contribution in [2.75, 3.05) is 6.61 Å². The Hall–Kier alpha value is -1.92. The third-order valence-electron chi connectivity index (χ3n) is 6.28. The highest BCUT2D eigenvalue weighted by Crippen LogP contribution is 2.39. The smallest absolute Gasteiger partial charge is 0.341 e. The number of carbonyl (C=O) groups is 1. The van der Waals surface area contributed by atoms with Gasteiger partial charge >= 0.3 is 5.97 Å². The van der Waals surface area contributed by atoms with Gasteiger partial charge in [-0.15, -0.1) is 0 Å². The Labute approximate surface area is 179 Å². The average molecular weight is 420 g/mol. The SMILES string of the molecule is CCCCC[C@H](O)CC[C@@H]1[C@@H](Cc2cccc(OCC(=O)O)c2CC=N)CC[C@H]1O. The molecule has 30 heavy (non-hydrogen) atoms. The van der Waals surface area contributed by atoms with Gasteiger partial charge in [-0.05, 0) is 68.2 Å². The summed E-state index contributed by atoms with van der Waals surface area (Å²) >= 11 is 0. The molecule has 0 aliphatic heterocycles. The number of aliphatic hydroxyl groups is 2. The first kappa shape index (κ1) is 24.4. The molecule has 6 heteroatoms. The van der Waals surface area contributed by atoms with Crippen molar-refractivity contribution in [3.8, 4) is 5.75 Å². The zero-order valence-electron chi connectivity index (χ0n) is 18.1. The molecule has 6 nitrogen and oxygen atoms in total. The van der Waals surface area contributed by atoms with E-state index in [1.807, 2.05) is 12.1 Å². The van der Waals surface area contributed by atoms with Crippen LogP contribution >= 0.6 is 0 Å². The van der Waals surface area contributed by atoms with Crippen LogP contribution in [0, 0.1) is 17.2 Å². The molecule has 168 valence electrons. The van der Waals surface area contributed by atoms with Gasteiger partial charge in [0, 0.05) is 12.0 Å². The molecule has 1 aromatic rings. The molecule has 0 bridgehead atoms. The van der Waals surface area contributed by atoms with Crippen LogP contribution in [0.15, 0.2) is 18.2 Å². The maximum Gasteiger partial charge on any atom is 0.341 e. The topological polar surface area (TPSA) is 111 Å². The van der Waals surface area contributed by atoms with Crippen molar-refractivity contribution in [3.63, 3.8) is 0 Å². The van der Waals surface area contributed by atoms with Gasteiger partial charge in [-0.3, -0.25) is 0 Å². The minimum Gasteiger partial charge on any atom is -0.482 e. The lowest BCUT2D eigenvalue weighted by Gasteiger charge is -2.25. The van der Waals surface area contributed by atoms with Crippen molar-refractivity contribution in [1.82, 2.24) is 0 Å². The van der Waals surface area contributed by atoms with Crippen LogP contribution in [-0.4, -0.2) is 46.3 Å². The molecule has 1 aliphatic carbocycles. The summed E-state index contributed by atoms with van der Waals surface area (Å²) in [7, 11) is 0. The Morgan fingerprint density at radius 2 is 2.10 bits per heavy atom. The Morgan fingerprint density at radius 1 is 1.30 bits per heavy atom. The molecule has 4 N–H and O–H groups in total. The molecule has 1 fully saturated rings. The lowest BCUT2D eigenvalue weighted by Crippen LogP contribution is -2.23. The first-order chi connectivity index (χ1) is 14.5. The normalized spacial score (nSPS) is 22.0. The van der Waals surface area contributed by atoms with Gasteiger partial charge in [0.25, 0.3) is 0 Å². The highest BCUT2D eigenvalue weighted by atomic mass is 16.5. The van der Waals surface area contributed by atoms with Crippen LogP contribution in [0.5, 0.6) is 5.75 Å². The Morgan fingerprint density at radius 3 is 2.80 bits per heavy atom. The molecule has 0 saturated heterocycles.